The third-order valence-electron chi connectivity index (χ3n) is 3.61. The Morgan fingerprint density at radius 3 is 2.61 bits per heavy atom. The van der Waals surface area contributed by atoms with Crippen LogP contribution in [-0.2, 0) is 4.79 Å². The van der Waals surface area contributed by atoms with Crippen LogP contribution in [0.1, 0.15) is 0 Å². The smallest absolute Gasteiger partial charge is 0.269 e. The van der Waals surface area contributed by atoms with Gasteiger partial charge in [-0.15, -0.1) is 11.8 Å². The fraction of sp³-hybridized carbons (Fsp3) is 0.0556. The zero-order valence-corrected chi connectivity index (χ0v) is 16.0. The molecule has 3 N–H and O–H groups in total. The summed E-state index contributed by atoms with van der Waals surface area (Å²) in [7, 11) is 0. The highest BCUT2D eigenvalue weighted by atomic mass is 32.2. The number of thiocarbonyl (C=S) groups is 1. The Kier molecular flexibility index (Phi) is 6.35. The number of carbonyl (C=O) groups excluding carboxylic acids is 1. The molecule has 8 nitrogen and oxygen atoms in total. The Labute approximate surface area is 169 Å². The van der Waals surface area contributed by atoms with E-state index in [1.807, 2.05) is 30.3 Å². The van der Waals surface area contributed by atoms with Gasteiger partial charge in [0, 0.05) is 34.3 Å². The average molecular weight is 413 g/mol. The number of amides is 1. The SMILES string of the molecule is O=C(CSc1cccc2cccnc12)NNC(=S)Nc1ccc([N+](=O)[O-])cc1. The standard InChI is InChI=1S/C18H15N5O3S2/c24-16(11-28-15-5-1-3-12-4-2-10-19-17(12)15)21-22-18(27)20-13-6-8-14(9-7-13)23(25)26/h1-10H,11H2,(H,21,24)(H2,20,22,27). The van der Waals surface area contributed by atoms with Gasteiger partial charge in [-0.3, -0.25) is 30.7 Å². The number of nitro benzene ring substituents is 1. The predicted octanol–water partition coefficient (Wildman–Crippen LogP) is 3.25. The molecule has 142 valence electrons. The van der Waals surface area contributed by atoms with Crippen molar-refractivity contribution in [1.29, 1.82) is 0 Å². The van der Waals surface area contributed by atoms with Crippen LogP contribution in [0.5, 0.6) is 0 Å². The van der Waals surface area contributed by atoms with Crippen LogP contribution in [0.4, 0.5) is 11.4 Å². The van der Waals surface area contributed by atoms with E-state index in [2.05, 4.69) is 21.2 Å². The fourth-order valence-electron chi connectivity index (χ4n) is 2.33. The summed E-state index contributed by atoms with van der Waals surface area (Å²) < 4.78 is 0. The van der Waals surface area contributed by atoms with Crippen molar-refractivity contribution < 1.29 is 9.72 Å². The van der Waals surface area contributed by atoms with Crippen molar-refractivity contribution in [2.24, 2.45) is 0 Å². The van der Waals surface area contributed by atoms with Gasteiger partial charge in [0.15, 0.2) is 5.11 Å². The number of hydrogen-bond acceptors (Lipinski definition) is 6. The zero-order chi connectivity index (χ0) is 19.9. The molecular formula is C18H15N5O3S2. The molecule has 0 unspecified atom stereocenters. The molecule has 3 rings (SSSR count). The topological polar surface area (TPSA) is 109 Å². The third kappa shape index (κ3) is 5.15. The molecule has 10 heteroatoms. The van der Waals surface area contributed by atoms with E-state index in [1.165, 1.54) is 36.0 Å². The Morgan fingerprint density at radius 2 is 1.86 bits per heavy atom. The van der Waals surface area contributed by atoms with Crippen molar-refractivity contribution >= 4 is 57.3 Å². The number of rotatable bonds is 5. The second-order valence-corrected chi connectivity index (χ2v) is 6.98. The van der Waals surface area contributed by atoms with Gasteiger partial charge in [0.05, 0.1) is 16.2 Å². The molecule has 0 fully saturated rings. The molecule has 0 saturated carbocycles. The number of non-ortho nitro benzene ring substituents is 1. The molecule has 0 bridgehead atoms. The number of nitro groups is 1. The van der Waals surface area contributed by atoms with Crippen LogP contribution in [0.25, 0.3) is 10.9 Å². The number of thioether (sulfide) groups is 1. The van der Waals surface area contributed by atoms with Crippen LogP contribution in [0, 0.1) is 10.1 Å². The molecule has 0 aliphatic heterocycles. The van der Waals surface area contributed by atoms with Crippen LogP contribution in [0.15, 0.2) is 65.7 Å². The first kappa shape index (κ1) is 19.5. The van der Waals surface area contributed by atoms with E-state index in [1.54, 1.807) is 6.20 Å². The monoisotopic (exact) mass is 413 g/mol. The molecule has 2 aromatic carbocycles. The first-order valence-corrected chi connectivity index (χ1v) is 9.49. The second-order valence-electron chi connectivity index (χ2n) is 5.55. The highest BCUT2D eigenvalue weighted by Gasteiger charge is 2.08. The fourth-order valence-corrected chi connectivity index (χ4v) is 3.34. The quantitative estimate of drug-likeness (QED) is 0.253. The molecule has 0 spiro atoms. The van der Waals surface area contributed by atoms with E-state index in [0.29, 0.717) is 5.69 Å². The molecule has 1 amide bonds. The molecule has 0 aliphatic carbocycles. The molecule has 0 saturated heterocycles. The molecule has 1 heterocycles. The van der Waals surface area contributed by atoms with Crippen molar-refractivity contribution in [2.75, 3.05) is 11.1 Å². The van der Waals surface area contributed by atoms with Crippen molar-refractivity contribution in [1.82, 2.24) is 15.8 Å². The van der Waals surface area contributed by atoms with Gasteiger partial charge >= 0.3 is 0 Å². The summed E-state index contributed by atoms with van der Waals surface area (Å²) in [6.45, 7) is 0. The van der Waals surface area contributed by atoms with E-state index in [-0.39, 0.29) is 22.5 Å². The van der Waals surface area contributed by atoms with Gasteiger partial charge < -0.3 is 5.32 Å². The number of nitrogens with zero attached hydrogens (tertiary/aromatic N) is 2. The normalized spacial score (nSPS) is 10.3. The maximum Gasteiger partial charge on any atom is 0.269 e. The summed E-state index contributed by atoms with van der Waals surface area (Å²) in [4.78, 5) is 27.5. The van der Waals surface area contributed by atoms with Crippen LogP contribution in [-0.4, -0.2) is 26.7 Å². The lowest BCUT2D eigenvalue weighted by molar-refractivity contribution is -0.384. The molecule has 28 heavy (non-hydrogen) atoms. The van der Waals surface area contributed by atoms with E-state index in [9.17, 15) is 14.9 Å². The predicted molar refractivity (Wildman–Crippen MR) is 113 cm³/mol. The van der Waals surface area contributed by atoms with Crippen LogP contribution in [0.2, 0.25) is 0 Å². The van der Waals surface area contributed by atoms with E-state index in [0.717, 1.165) is 15.8 Å². The molecular weight excluding hydrogens is 398 g/mol. The van der Waals surface area contributed by atoms with Crippen molar-refractivity contribution in [2.45, 2.75) is 4.90 Å². The van der Waals surface area contributed by atoms with E-state index < -0.39 is 4.92 Å². The number of aromatic nitrogens is 1. The molecule has 3 aromatic rings. The van der Waals surface area contributed by atoms with E-state index in [4.69, 9.17) is 12.2 Å². The Morgan fingerprint density at radius 1 is 1.11 bits per heavy atom. The van der Waals surface area contributed by atoms with Crippen LogP contribution < -0.4 is 16.2 Å². The third-order valence-corrected chi connectivity index (χ3v) is 4.86. The number of hydrazine groups is 1. The molecule has 0 radical (unpaired) electrons. The average Bonchev–Trinajstić information content (AvgIpc) is 2.71. The molecule has 1 aromatic heterocycles. The maximum atomic E-state index is 12.1. The van der Waals surface area contributed by atoms with Crippen molar-refractivity contribution in [3.8, 4) is 0 Å². The van der Waals surface area contributed by atoms with E-state index >= 15 is 0 Å². The number of benzene rings is 2. The van der Waals surface area contributed by atoms with Gasteiger partial charge in [-0.05, 0) is 36.5 Å². The zero-order valence-electron chi connectivity index (χ0n) is 14.4. The summed E-state index contributed by atoms with van der Waals surface area (Å²) in [5, 5.41) is 14.6. The first-order valence-electron chi connectivity index (χ1n) is 8.10. The highest BCUT2D eigenvalue weighted by molar-refractivity contribution is 8.00. The minimum Gasteiger partial charge on any atom is -0.331 e. The Bertz CT molecular complexity index is 1020. The van der Waals surface area contributed by atoms with Gasteiger partial charge in [-0.1, -0.05) is 18.2 Å². The van der Waals surface area contributed by atoms with Crippen LogP contribution in [0.3, 0.4) is 0 Å². The van der Waals surface area contributed by atoms with Crippen LogP contribution >= 0.6 is 24.0 Å². The number of anilines is 1. The Balaban J connectivity index is 1.47. The van der Waals surface area contributed by atoms with Gasteiger partial charge in [0.25, 0.3) is 5.69 Å². The number of pyridine rings is 1. The van der Waals surface area contributed by atoms with Gasteiger partial charge in [-0.25, -0.2) is 0 Å². The van der Waals surface area contributed by atoms with Crippen molar-refractivity contribution in [3.63, 3.8) is 0 Å². The maximum absolute atomic E-state index is 12.1. The minimum atomic E-state index is -0.482. The lowest BCUT2D eigenvalue weighted by Crippen LogP contribution is -2.44. The van der Waals surface area contributed by atoms with Gasteiger partial charge in [0.2, 0.25) is 5.91 Å². The summed E-state index contributed by atoms with van der Waals surface area (Å²) in [5.74, 6) is -0.0752. The first-order chi connectivity index (χ1) is 13.5. The van der Waals surface area contributed by atoms with Gasteiger partial charge in [-0.2, -0.15) is 0 Å². The minimum absolute atomic E-state index is 0.0160. The molecule has 0 atom stereocenters. The number of para-hydroxylation sites is 1. The summed E-state index contributed by atoms with van der Waals surface area (Å²) in [5.41, 5.74) is 6.51. The highest BCUT2D eigenvalue weighted by Crippen LogP contribution is 2.25. The second kappa shape index (κ2) is 9.11. The largest absolute Gasteiger partial charge is 0.331 e. The number of carbonyl (C=O) groups is 1. The van der Waals surface area contributed by atoms with Crippen molar-refractivity contribution in [3.05, 3.63) is 70.9 Å². The lowest BCUT2D eigenvalue weighted by atomic mass is 10.2. The lowest BCUT2D eigenvalue weighted by Gasteiger charge is -2.11. The van der Waals surface area contributed by atoms with Gasteiger partial charge in [0.1, 0.15) is 0 Å². The number of hydrogen-bond donors (Lipinski definition) is 3. The number of fused-ring (bicyclic) bond motifs is 1. The molecule has 0 aliphatic rings. The summed E-state index contributed by atoms with van der Waals surface area (Å²) >= 11 is 6.47. The summed E-state index contributed by atoms with van der Waals surface area (Å²) in [6.07, 6.45) is 1.72. The Hall–Kier alpha value is -3.24. The number of nitrogens with one attached hydrogen (secondary N) is 3. The summed E-state index contributed by atoms with van der Waals surface area (Å²) in [6, 6.07) is 15.4.